The molecule has 7 nitrogen and oxygen atoms in total. The normalized spacial score (nSPS) is 27.3. The van der Waals surface area contributed by atoms with E-state index in [0.717, 1.165) is 51.9 Å². The lowest BCUT2D eigenvalue weighted by molar-refractivity contribution is -0.150. The van der Waals surface area contributed by atoms with Gasteiger partial charge in [0.2, 0.25) is 5.91 Å². The SMILES string of the molecule is Cc1ncncc1C(=O)N1CC[C@@]2(CCCN(C3CCOCC3)C2=O)C1. The van der Waals surface area contributed by atoms with Gasteiger partial charge < -0.3 is 14.5 Å². The highest BCUT2D eigenvalue weighted by Crippen LogP contribution is 2.41. The predicted octanol–water partition coefficient (Wildman–Crippen LogP) is 1.42. The fraction of sp³-hybridized carbons (Fsp3) is 0.684. The Hall–Kier alpha value is -2.02. The Balaban J connectivity index is 1.50. The van der Waals surface area contributed by atoms with Crippen molar-refractivity contribution in [3.8, 4) is 0 Å². The number of aromatic nitrogens is 2. The number of piperidine rings is 1. The second-order valence-electron chi connectivity index (χ2n) is 7.72. The van der Waals surface area contributed by atoms with Crippen molar-refractivity contribution < 1.29 is 14.3 Å². The molecular formula is C19H26N4O3. The van der Waals surface area contributed by atoms with E-state index in [-0.39, 0.29) is 11.8 Å². The van der Waals surface area contributed by atoms with Crippen LogP contribution in [0, 0.1) is 12.3 Å². The van der Waals surface area contributed by atoms with Gasteiger partial charge in [-0.3, -0.25) is 9.59 Å². The van der Waals surface area contributed by atoms with Crippen molar-refractivity contribution in [1.29, 1.82) is 0 Å². The van der Waals surface area contributed by atoms with Crippen molar-refractivity contribution in [1.82, 2.24) is 19.8 Å². The molecule has 0 unspecified atom stereocenters. The first-order valence-corrected chi connectivity index (χ1v) is 9.55. The van der Waals surface area contributed by atoms with E-state index in [1.54, 1.807) is 6.20 Å². The molecule has 0 bridgehead atoms. The summed E-state index contributed by atoms with van der Waals surface area (Å²) < 4.78 is 5.45. The highest BCUT2D eigenvalue weighted by atomic mass is 16.5. The van der Waals surface area contributed by atoms with Gasteiger partial charge in [0, 0.05) is 45.1 Å². The van der Waals surface area contributed by atoms with Crippen LogP contribution in [-0.2, 0) is 9.53 Å². The van der Waals surface area contributed by atoms with Crippen molar-refractivity contribution in [3.05, 3.63) is 23.8 Å². The lowest BCUT2D eigenvalue weighted by atomic mass is 9.77. The van der Waals surface area contributed by atoms with Crippen LogP contribution in [0.15, 0.2) is 12.5 Å². The van der Waals surface area contributed by atoms with Crippen molar-refractivity contribution in [2.24, 2.45) is 5.41 Å². The topological polar surface area (TPSA) is 75.6 Å². The van der Waals surface area contributed by atoms with Crippen LogP contribution >= 0.6 is 0 Å². The van der Waals surface area contributed by atoms with Crippen molar-refractivity contribution >= 4 is 11.8 Å². The Kier molecular flexibility index (Phi) is 4.65. The lowest BCUT2D eigenvalue weighted by Gasteiger charge is -2.44. The monoisotopic (exact) mass is 358 g/mol. The average molecular weight is 358 g/mol. The molecule has 0 N–H and O–H groups in total. The predicted molar refractivity (Wildman–Crippen MR) is 94.5 cm³/mol. The van der Waals surface area contributed by atoms with E-state index in [9.17, 15) is 9.59 Å². The first kappa shape index (κ1) is 17.4. The third kappa shape index (κ3) is 2.98. The zero-order valence-electron chi connectivity index (χ0n) is 15.3. The molecule has 1 aromatic heterocycles. The number of likely N-dealkylation sites (tertiary alicyclic amines) is 2. The van der Waals surface area contributed by atoms with Crippen molar-refractivity contribution in [2.75, 3.05) is 32.8 Å². The van der Waals surface area contributed by atoms with E-state index >= 15 is 0 Å². The van der Waals surface area contributed by atoms with Crippen LogP contribution in [0.5, 0.6) is 0 Å². The van der Waals surface area contributed by atoms with Crippen molar-refractivity contribution in [3.63, 3.8) is 0 Å². The van der Waals surface area contributed by atoms with Crippen LogP contribution in [0.25, 0.3) is 0 Å². The molecule has 0 aromatic carbocycles. The molecule has 1 spiro atoms. The van der Waals surface area contributed by atoms with Crippen molar-refractivity contribution in [2.45, 2.75) is 45.1 Å². The maximum atomic E-state index is 13.3. The summed E-state index contributed by atoms with van der Waals surface area (Å²) in [6.07, 6.45) is 7.51. The second kappa shape index (κ2) is 6.95. The van der Waals surface area contributed by atoms with E-state index in [1.807, 2.05) is 11.8 Å². The van der Waals surface area contributed by atoms with Gasteiger partial charge in [-0.15, -0.1) is 0 Å². The fourth-order valence-corrected chi connectivity index (χ4v) is 4.64. The minimum absolute atomic E-state index is 0.0593. The largest absolute Gasteiger partial charge is 0.381 e. The van der Waals surface area contributed by atoms with Crippen LogP contribution in [0.3, 0.4) is 0 Å². The number of carbonyl (C=O) groups is 2. The average Bonchev–Trinajstić information content (AvgIpc) is 3.10. The number of hydrogen-bond acceptors (Lipinski definition) is 5. The minimum Gasteiger partial charge on any atom is -0.381 e. The molecule has 4 rings (SSSR count). The molecule has 3 saturated heterocycles. The molecule has 0 aliphatic carbocycles. The Morgan fingerprint density at radius 1 is 1.27 bits per heavy atom. The van der Waals surface area contributed by atoms with Gasteiger partial charge in [0.25, 0.3) is 5.91 Å². The van der Waals surface area contributed by atoms with E-state index in [4.69, 9.17) is 4.74 Å². The number of aryl methyl sites for hydroxylation is 1. The summed E-state index contributed by atoms with van der Waals surface area (Å²) in [6, 6.07) is 0.294. The van der Waals surface area contributed by atoms with Gasteiger partial charge in [0.15, 0.2) is 0 Å². The Morgan fingerprint density at radius 3 is 2.85 bits per heavy atom. The molecule has 140 valence electrons. The molecule has 0 saturated carbocycles. The summed E-state index contributed by atoms with van der Waals surface area (Å²) in [5.74, 6) is 0.183. The molecule has 0 radical (unpaired) electrons. The maximum Gasteiger partial charge on any atom is 0.257 e. The lowest BCUT2D eigenvalue weighted by Crippen LogP contribution is -2.55. The van der Waals surface area contributed by atoms with Crippen LogP contribution in [0.4, 0.5) is 0 Å². The van der Waals surface area contributed by atoms with Crippen LogP contribution in [0.1, 0.15) is 48.2 Å². The molecule has 3 fully saturated rings. The summed E-state index contributed by atoms with van der Waals surface area (Å²) in [7, 11) is 0. The number of rotatable bonds is 2. The Morgan fingerprint density at radius 2 is 2.08 bits per heavy atom. The molecule has 26 heavy (non-hydrogen) atoms. The summed E-state index contributed by atoms with van der Waals surface area (Å²) in [5.41, 5.74) is 0.814. The van der Waals surface area contributed by atoms with Gasteiger partial charge in [0.05, 0.1) is 16.7 Å². The maximum absolute atomic E-state index is 13.3. The molecule has 4 heterocycles. The second-order valence-corrected chi connectivity index (χ2v) is 7.72. The Bertz CT molecular complexity index is 704. The molecule has 1 aromatic rings. The number of hydrogen-bond donors (Lipinski definition) is 0. The van der Waals surface area contributed by atoms with Gasteiger partial charge in [-0.1, -0.05) is 0 Å². The first-order valence-electron chi connectivity index (χ1n) is 9.55. The first-order chi connectivity index (χ1) is 12.6. The van der Waals surface area contributed by atoms with E-state index in [1.165, 1.54) is 6.33 Å². The molecule has 3 aliphatic rings. The van der Waals surface area contributed by atoms with Gasteiger partial charge in [0.1, 0.15) is 6.33 Å². The van der Waals surface area contributed by atoms with E-state index in [0.29, 0.717) is 30.4 Å². The molecule has 3 aliphatic heterocycles. The van der Waals surface area contributed by atoms with Gasteiger partial charge >= 0.3 is 0 Å². The van der Waals surface area contributed by atoms with Crippen LogP contribution in [0.2, 0.25) is 0 Å². The van der Waals surface area contributed by atoms with E-state index < -0.39 is 5.41 Å². The fourth-order valence-electron chi connectivity index (χ4n) is 4.64. The highest BCUT2D eigenvalue weighted by Gasteiger charge is 2.50. The number of amides is 2. The van der Waals surface area contributed by atoms with E-state index in [2.05, 4.69) is 14.9 Å². The molecular weight excluding hydrogens is 332 g/mol. The van der Waals surface area contributed by atoms with Gasteiger partial charge in [-0.25, -0.2) is 9.97 Å². The van der Waals surface area contributed by atoms with Crippen LogP contribution < -0.4 is 0 Å². The van der Waals surface area contributed by atoms with Crippen LogP contribution in [-0.4, -0.2) is 70.5 Å². The van der Waals surface area contributed by atoms with Gasteiger partial charge in [-0.2, -0.15) is 0 Å². The summed E-state index contributed by atoms with van der Waals surface area (Å²) in [4.78, 5) is 38.2. The number of nitrogens with zero attached hydrogens (tertiary/aromatic N) is 4. The minimum atomic E-state index is -0.407. The number of carbonyl (C=O) groups excluding carboxylic acids is 2. The third-order valence-corrected chi connectivity index (χ3v) is 6.18. The third-order valence-electron chi connectivity index (χ3n) is 6.18. The molecule has 7 heteroatoms. The highest BCUT2D eigenvalue weighted by molar-refractivity contribution is 5.96. The Labute approximate surface area is 153 Å². The zero-order valence-corrected chi connectivity index (χ0v) is 15.3. The standard InChI is InChI=1S/C19H26N4O3/c1-14-16(11-20-13-21-14)17(24)22-8-6-19(12-22)5-2-7-23(18(19)25)15-3-9-26-10-4-15/h11,13,15H,2-10,12H2,1H3/t19-/m0/s1. The summed E-state index contributed by atoms with van der Waals surface area (Å²) >= 11 is 0. The summed E-state index contributed by atoms with van der Waals surface area (Å²) in [5, 5.41) is 0. The smallest absolute Gasteiger partial charge is 0.257 e. The molecule has 1 atom stereocenters. The summed E-state index contributed by atoms with van der Waals surface area (Å²) in [6.45, 7) is 5.27. The van der Waals surface area contributed by atoms with Gasteiger partial charge in [-0.05, 0) is 39.0 Å². The molecule has 2 amide bonds. The number of ether oxygens (including phenoxy) is 1. The quantitative estimate of drug-likeness (QED) is 0.799. The zero-order chi connectivity index (χ0) is 18.1.